The Bertz CT molecular complexity index is 417. The highest BCUT2D eigenvalue weighted by molar-refractivity contribution is 5.41. The summed E-state index contributed by atoms with van der Waals surface area (Å²) >= 11 is 0. The minimum absolute atomic E-state index is 0.0237. The Hall–Kier alpha value is -1.30. The molecule has 2 heteroatoms. The average Bonchev–Trinajstić information content (AvgIpc) is 2.96. The van der Waals surface area contributed by atoms with Crippen LogP contribution < -0.4 is 0 Å². The molecular formula is C14H14O2. The van der Waals surface area contributed by atoms with Crippen molar-refractivity contribution in [3.8, 4) is 12.3 Å². The van der Waals surface area contributed by atoms with E-state index >= 15 is 0 Å². The average molecular weight is 214 g/mol. The molecule has 1 saturated heterocycles. The number of benzene rings is 1. The van der Waals surface area contributed by atoms with Gasteiger partial charge in [0.05, 0.1) is 18.6 Å². The molecule has 3 rings (SSSR count). The maximum atomic E-state index is 5.56. The smallest absolute Gasteiger partial charge is 0.184 e. The first-order valence-corrected chi connectivity index (χ1v) is 5.65. The van der Waals surface area contributed by atoms with Crippen molar-refractivity contribution in [3.05, 3.63) is 35.4 Å². The van der Waals surface area contributed by atoms with E-state index in [0.717, 1.165) is 18.4 Å². The van der Waals surface area contributed by atoms with Crippen LogP contribution in [0.25, 0.3) is 0 Å². The highest BCUT2D eigenvalue weighted by atomic mass is 16.7. The lowest BCUT2D eigenvalue weighted by Gasteiger charge is -2.12. The van der Waals surface area contributed by atoms with E-state index < -0.39 is 0 Å². The van der Waals surface area contributed by atoms with Gasteiger partial charge in [-0.1, -0.05) is 30.2 Å². The fraction of sp³-hybridized carbons (Fsp3) is 0.429. The second kappa shape index (κ2) is 3.62. The first-order valence-electron chi connectivity index (χ1n) is 5.65. The van der Waals surface area contributed by atoms with Crippen LogP contribution in [-0.4, -0.2) is 13.2 Å². The molecule has 82 valence electrons. The van der Waals surface area contributed by atoms with E-state index in [1.54, 1.807) is 0 Å². The Morgan fingerprint density at radius 1 is 1.12 bits per heavy atom. The van der Waals surface area contributed by atoms with Gasteiger partial charge >= 0.3 is 0 Å². The zero-order valence-electron chi connectivity index (χ0n) is 9.11. The number of rotatable bonds is 2. The summed E-state index contributed by atoms with van der Waals surface area (Å²) in [4.78, 5) is 0. The van der Waals surface area contributed by atoms with E-state index in [0.29, 0.717) is 13.2 Å². The predicted octanol–water partition coefficient (Wildman–Crippen LogP) is 2.40. The zero-order valence-corrected chi connectivity index (χ0v) is 9.11. The normalized spacial score (nSPS) is 22.9. The van der Waals surface area contributed by atoms with Crippen molar-refractivity contribution >= 4 is 0 Å². The zero-order chi connectivity index (χ0) is 11.0. The van der Waals surface area contributed by atoms with Gasteiger partial charge in [0.25, 0.3) is 0 Å². The summed E-state index contributed by atoms with van der Waals surface area (Å²) in [6.07, 6.45) is 7.60. The molecule has 0 spiro atoms. The molecule has 2 fully saturated rings. The molecule has 2 aliphatic rings. The standard InChI is InChI=1S/C14H14O2/c1-2-14(7-8-14)12-5-3-11(4-6-12)13-15-9-10-16-13/h1,3-6,13H,7-10H2. The van der Waals surface area contributed by atoms with E-state index in [4.69, 9.17) is 15.9 Å². The van der Waals surface area contributed by atoms with Crippen LogP contribution in [0.15, 0.2) is 24.3 Å². The molecule has 0 N–H and O–H groups in total. The van der Waals surface area contributed by atoms with Crippen LogP contribution in [0, 0.1) is 12.3 Å². The first kappa shape index (κ1) is 9.89. The maximum Gasteiger partial charge on any atom is 0.184 e. The molecule has 2 nitrogen and oxygen atoms in total. The quantitative estimate of drug-likeness (QED) is 0.704. The molecule has 1 heterocycles. The van der Waals surface area contributed by atoms with Crippen molar-refractivity contribution in [2.45, 2.75) is 24.5 Å². The molecule has 1 aromatic rings. The molecule has 1 aliphatic heterocycles. The molecule has 0 bridgehead atoms. The minimum Gasteiger partial charge on any atom is -0.346 e. The summed E-state index contributed by atoms with van der Waals surface area (Å²) in [6, 6.07) is 8.33. The second-order valence-corrected chi connectivity index (χ2v) is 4.42. The summed E-state index contributed by atoms with van der Waals surface area (Å²) in [5, 5.41) is 0. The van der Waals surface area contributed by atoms with E-state index in [-0.39, 0.29) is 11.7 Å². The molecule has 0 unspecified atom stereocenters. The minimum atomic E-state index is -0.185. The van der Waals surface area contributed by atoms with Crippen molar-refractivity contribution in [1.29, 1.82) is 0 Å². The van der Waals surface area contributed by atoms with Crippen LogP contribution in [0.3, 0.4) is 0 Å². The topological polar surface area (TPSA) is 18.5 Å². The summed E-state index contributed by atoms with van der Waals surface area (Å²) < 4.78 is 10.9. The molecule has 1 aliphatic carbocycles. The van der Waals surface area contributed by atoms with Crippen LogP contribution in [0.4, 0.5) is 0 Å². The van der Waals surface area contributed by atoms with E-state index in [2.05, 4.69) is 30.2 Å². The van der Waals surface area contributed by atoms with Crippen LogP contribution in [-0.2, 0) is 14.9 Å². The third-order valence-corrected chi connectivity index (χ3v) is 3.38. The molecule has 1 aromatic carbocycles. The Morgan fingerprint density at radius 3 is 2.25 bits per heavy atom. The Labute approximate surface area is 95.6 Å². The molecule has 0 radical (unpaired) electrons. The number of terminal acetylenes is 1. The van der Waals surface area contributed by atoms with Crippen molar-refractivity contribution in [2.75, 3.05) is 13.2 Å². The fourth-order valence-corrected chi connectivity index (χ4v) is 2.15. The Morgan fingerprint density at radius 2 is 1.75 bits per heavy atom. The van der Waals surface area contributed by atoms with Crippen molar-refractivity contribution in [1.82, 2.24) is 0 Å². The van der Waals surface area contributed by atoms with Gasteiger partial charge in [-0.2, -0.15) is 0 Å². The SMILES string of the molecule is C#CC1(c2ccc(C3OCCO3)cc2)CC1. The van der Waals surface area contributed by atoms with Gasteiger partial charge in [0.1, 0.15) is 0 Å². The number of ether oxygens (including phenoxy) is 2. The third-order valence-electron chi connectivity index (χ3n) is 3.38. The van der Waals surface area contributed by atoms with Crippen LogP contribution in [0.5, 0.6) is 0 Å². The van der Waals surface area contributed by atoms with Crippen LogP contribution in [0.1, 0.15) is 30.3 Å². The molecule has 1 saturated carbocycles. The van der Waals surface area contributed by atoms with Crippen LogP contribution >= 0.6 is 0 Å². The summed E-state index contributed by atoms with van der Waals surface area (Å²) in [5.74, 6) is 2.90. The van der Waals surface area contributed by atoms with Gasteiger partial charge in [0, 0.05) is 5.56 Å². The molecular weight excluding hydrogens is 200 g/mol. The number of hydrogen-bond donors (Lipinski definition) is 0. The lowest BCUT2D eigenvalue weighted by Crippen LogP contribution is -2.04. The monoisotopic (exact) mass is 214 g/mol. The predicted molar refractivity (Wildman–Crippen MR) is 60.8 cm³/mol. The van der Waals surface area contributed by atoms with Gasteiger partial charge in [0.2, 0.25) is 0 Å². The number of hydrogen-bond acceptors (Lipinski definition) is 2. The van der Waals surface area contributed by atoms with Gasteiger partial charge in [-0.25, -0.2) is 0 Å². The highest BCUT2D eigenvalue weighted by Gasteiger charge is 2.42. The van der Waals surface area contributed by atoms with E-state index in [1.807, 2.05) is 0 Å². The van der Waals surface area contributed by atoms with Crippen LogP contribution in [0.2, 0.25) is 0 Å². The highest BCUT2D eigenvalue weighted by Crippen LogP contribution is 2.47. The largest absolute Gasteiger partial charge is 0.346 e. The molecule has 0 amide bonds. The fourth-order valence-electron chi connectivity index (χ4n) is 2.15. The molecule has 0 aromatic heterocycles. The van der Waals surface area contributed by atoms with Gasteiger partial charge in [-0.3, -0.25) is 0 Å². The second-order valence-electron chi connectivity index (χ2n) is 4.42. The van der Waals surface area contributed by atoms with E-state index in [9.17, 15) is 0 Å². The van der Waals surface area contributed by atoms with Gasteiger partial charge in [-0.15, -0.1) is 6.42 Å². The Kier molecular flexibility index (Phi) is 2.24. The third kappa shape index (κ3) is 1.53. The van der Waals surface area contributed by atoms with Crippen molar-refractivity contribution in [2.24, 2.45) is 0 Å². The van der Waals surface area contributed by atoms with Gasteiger partial charge in [0.15, 0.2) is 6.29 Å². The van der Waals surface area contributed by atoms with Gasteiger partial charge in [-0.05, 0) is 18.4 Å². The summed E-state index contributed by atoms with van der Waals surface area (Å²) in [7, 11) is 0. The lowest BCUT2D eigenvalue weighted by molar-refractivity contribution is -0.0441. The lowest BCUT2D eigenvalue weighted by atomic mass is 9.96. The molecule has 16 heavy (non-hydrogen) atoms. The Balaban J connectivity index is 1.83. The first-order chi connectivity index (χ1) is 7.84. The summed E-state index contributed by atoms with van der Waals surface area (Å²) in [6.45, 7) is 1.36. The molecule has 0 atom stereocenters. The van der Waals surface area contributed by atoms with E-state index in [1.165, 1.54) is 5.56 Å². The van der Waals surface area contributed by atoms with Gasteiger partial charge < -0.3 is 9.47 Å². The maximum absolute atomic E-state index is 5.56. The summed E-state index contributed by atoms with van der Waals surface area (Å²) in [5.41, 5.74) is 2.35. The van der Waals surface area contributed by atoms with Crippen molar-refractivity contribution in [3.63, 3.8) is 0 Å². The van der Waals surface area contributed by atoms with Crippen molar-refractivity contribution < 1.29 is 9.47 Å².